The quantitative estimate of drug-likeness (QED) is 0.877. The Morgan fingerprint density at radius 1 is 1.31 bits per heavy atom. The van der Waals surface area contributed by atoms with Crippen molar-refractivity contribution in [2.45, 2.75) is 32.0 Å². The second kappa shape index (κ2) is 4.37. The van der Waals surface area contributed by atoms with Gasteiger partial charge >= 0.3 is 6.18 Å². The lowest BCUT2D eigenvalue weighted by Gasteiger charge is -2.30. The first-order valence-corrected chi connectivity index (χ1v) is 5.57. The summed E-state index contributed by atoms with van der Waals surface area (Å²) in [7, 11) is 0. The maximum atomic E-state index is 12.8. The van der Waals surface area contributed by atoms with Gasteiger partial charge in [0.25, 0.3) is 0 Å². The van der Waals surface area contributed by atoms with Crippen molar-refractivity contribution in [3.05, 3.63) is 33.8 Å². The minimum absolute atomic E-state index is 0.139. The second-order valence-electron chi connectivity index (χ2n) is 3.68. The molecule has 0 aromatic heterocycles. The Morgan fingerprint density at radius 3 is 2.25 bits per heavy atom. The number of rotatable bonds is 2. The van der Waals surface area contributed by atoms with Gasteiger partial charge in [-0.1, -0.05) is 35.0 Å². The minimum Gasteiger partial charge on any atom is -0.376 e. The highest BCUT2D eigenvalue weighted by molar-refractivity contribution is 9.10. The van der Waals surface area contributed by atoms with E-state index in [0.717, 1.165) is 5.56 Å². The third kappa shape index (κ3) is 2.25. The molecular formula is C11H12BrF3O. The molecule has 0 saturated carbocycles. The summed E-state index contributed by atoms with van der Waals surface area (Å²) < 4.78 is 38.8. The Kier molecular flexibility index (Phi) is 3.69. The highest BCUT2D eigenvalue weighted by atomic mass is 79.9. The molecule has 5 heteroatoms. The topological polar surface area (TPSA) is 20.2 Å². The molecule has 0 amide bonds. The van der Waals surface area contributed by atoms with Crippen LogP contribution in [0.4, 0.5) is 13.2 Å². The Bertz CT molecular complexity index is 389. The van der Waals surface area contributed by atoms with Gasteiger partial charge in [-0.3, -0.25) is 0 Å². The van der Waals surface area contributed by atoms with E-state index >= 15 is 0 Å². The lowest BCUT2D eigenvalue weighted by molar-refractivity contribution is -0.267. The SMILES string of the molecule is CCC(O)(c1ccc(C)c(Br)c1)C(F)(F)F. The highest BCUT2D eigenvalue weighted by Gasteiger charge is 2.53. The molecule has 1 aromatic carbocycles. The van der Waals surface area contributed by atoms with Crippen molar-refractivity contribution in [3.8, 4) is 0 Å². The molecule has 0 radical (unpaired) electrons. The summed E-state index contributed by atoms with van der Waals surface area (Å²) in [5, 5.41) is 9.70. The standard InChI is InChI=1S/C11H12BrF3O/c1-3-10(16,11(13,14)15)8-5-4-7(2)9(12)6-8/h4-6,16H,3H2,1-2H3. The molecule has 1 atom stereocenters. The van der Waals surface area contributed by atoms with Crippen LogP contribution in [0.3, 0.4) is 0 Å². The maximum absolute atomic E-state index is 12.8. The first kappa shape index (κ1) is 13.5. The summed E-state index contributed by atoms with van der Waals surface area (Å²) in [6.07, 6.45) is -5.08. The molecule has 0 bridgehead atoms. The van der Waals surface area contributed by atoms with Crippen molar-refractivity contribution < 1.29 is 18.3 Å². The number of aryl methyl sites for hydroxylation is 1. The zero-order chi connectivity index (χ0) is 12.6. The average molecular weight is 297 g/mol. The maximum Gasteiger partial charge on any atom is 0.421 e. The van der Waals surface area contributed by atoms with Crippen molar-refractivity contribution in [1.29, 1.82) is 0 Å². The number of benzene rings is 1. The van der Waals surface area contributed by atoms with Crippen molar-refractivity contribution in [3.63, 3.8) is 0 Å². The molecular weight excluding hydrogens is 285 g/mol. The van der Waals surface area contributed by atoms with Crippen LogP contribution in [0.5, 0.6) is 0 Å². The van der Waals surface area contributed by atoms with Gasteiger partial charge < -0.3 is 5.11 Å². The van der Waals surface area contributed by atoms with Gasteiger partial charge in [0.2, 0.25) is 0 Å². The van der Waals surface area contributed by atoms with Gasteiger partial charge in [-0.15, -0.1) is 0 Å². The van der Waals surface area contributed by atoms with Crippen molar-refractivity contribution in [2.24, 2.45) is 0 Å². The van der Waals surface area contributed by atoms with Crippen LogP contribution in [0.15, 0.2) is 22.7 Å². The lowest BCUT2D eigenvalue weighted by Crippen LogP contribution is -2.41. The van der Waals surface area contributed by atoms with Crippen LogP contribution >= 0.6 is 15.9 Å². The second-order valence-corrected chi connectivity index (χ2v) is 4.53. The Hall–Kier alpha value is -0.550. The highest BCUT2D eigenvalue weighted by Crippen LogP contribution is 2.42. The van der Waals surface area contributed by atoms with Crippen LogP contribution in [0.25, 0.3) is 0 Å². The average Bonchev–Trinajstić information content (AvgIpc) is 2.19. The summed E-state index contributed by atoms with van der Waals surface area (Å²) in [6.45, 7) is 3.08. The van der Waals surface area contributed by atoms with E-state index < -0.39 is 18.2 Å². The van der Waals surface area contributed by atoms with Crippen LogP contribution < -0.4 is 0 Å². The summed E-state index contributed by atoms with van der Waals surface area (Å²) in [4.78, 5) is 0. The number of hydrogen-bond donors (Lipinski definition) is 1. The summed E-state index contributed by atoms with van der Waals surface area (Å²) in [5.74, 6) is 0. The first-order chi connectivity index (χ1) is 7.22. The van der Waals surface area contributed by atoms with E-state index in [4.69, 9.17) is 0 Å². The van der Waals surface area contributed by atoms with E-state index in [0.29, 0.717) is 4.47 Å². The van der Waals surface area contributed by atoms with Crippen LogP contribution in [0.1, 0.15) is 24.5 Å². The monoisotopic (exact) mass is 296 g/mol. The molecule has 1 nitrogen and oxygen atoms in total. The predicted molar refractivity (Wildman–Crippen MR) is 59.1 cm³/mol. The summed E-state index contributed by atoms with van der Waals surface area (Å²) in [6, 6.07) is 4.16. The Morgan fingerprint density at radius 2 is 1.88 bits per heavy atom. The van der Waals surface area contributed by atoms with Gasteiger partial charge in [-0.05, 0) is 30.5 Å². The van der Waals surface area contributed by atoms with Crippen molar-refractivity contribution in [2.75, 3.05) is 0 Å². The molecule has 90 valence electrons. The van der Waals surface area contributed by atoms with Gasteiger partial charge in [0.1, 0.15) is 0 Å². The van der Waals surface area contributed by atoms with Crippen LogP contribution in [-0.2, 0) is 5.60 Å². The summed E-state index contributed by atoms with van der Waals surface area (Å²) in [5.41, 5.74) is -2.09. The van der Waals surface area contributed by atoms with E-state index in [1.165, 1.54) is 19.1 Å². The third-order valence-corrected chi connectivity index (χ3v) is 3.48. The largest absolute Gasteiger partial charge is 0.421 e. The zero-order valence-corrected chi connectivity index (χ0v) is 10.5. The normalized spacial score (nSPS) is 15.9. The molecule has 1 rings (SSSR count). The van der Waals surface area contributed by atoms with Gasteiger partial charge in [-0.25, -0.2) is 0 Å². The van der Waals surface area contributed by atoms with Gasteiger partial charge in [-0.2, -0.15) is 13.2 Å². The third-order valence-electron chi connectivity index (χ3n) is 2.63. The molecule has 0 fully saturated rings. The molecule has 1 unspecified atom stereocenters. The van der Waals surface area contributed by atoms with Crippen molar-refractivity contribution in [1.82, 2.24) is 0 Å². The van der Waals surface area contributed by atoms with E-state index in [9.17, 15) is 18.3 Å². The molecule has 0 aliphatic carbocycles. The van der Waals surface area contributed by atoms with Crippen LogP contribution in [-0.4, -0.2) is 11.3 Å². The van der Waals surface area contributed by atoms with Crippen LogP contribution in [0.2, 0.25) is 0 Å². The zero-order valence-electron chi connectivity index (χ0n) is 8.90. The van der Waals surface area contributed by atoms with E-state index in [-0.39, 0.29) is 5.56 Å². The molecule has 16 heavy (non-hydrogen) atoms. The molecule has 0 aliphatic rings. The first-order valence-electron chi connectivity index (χ1n) is 4.78. The van der Waals surface area contributed by atoms with E-state index in [2.05, 4.69) is 15.9 Å². The summed E-state index contributed by atoms with van der Waals surface area (Å²) >= 11 is 3.16. The number of alkyl halides is 3. The Balaban J connectivity index is 3.29. The molecule has 0 heterocycles. The number of halogens is 4. The minimum atomic E-state index is -4.67. The van der Waals surface area contributed by atoms with Gasteiger partial charge in [0.05, 0.1) is 0 Å². The Labute approximate surface area is 100 Å². The fraction of sp³-hybridized carbons (Fsp3) is 0.455. The molecule has 0 spiro atoms. The smallest absolute Gasteiger partial charge is 0.376 e. The number of hydrogen-bond acceptors (Lipinski definition) is 1. The number of aliphatic hydroxyl groups is 1. The van der Waals surface area contributed by atoms with E-state index in [1.54, 1.807) is 13.0 Å². The van der Waals surface area contributed by atoms with Gasteiger partial charge in [0.15, 0.2) is 5.60 Å². The molecule has 1 N–H and O–H groups in total. The lowest BCUT2D eigenvalue weighted by atomic mass is 9.90. The fourth-order valence-corrected chi connectivity index (χ4v) is 1.80. The van der Waals surface area contributed by atoms with Crippen LogP contribution in [0, 0.1) is 6.92 Å². The van der Waals surface area contributed by atoms with Crippen molar-refractivity contribution >= 4 is 15.9 Å². The fourth-order valence-electron chi connectivity index (χ4n) is 1.42. The predicted octanol–water partition coefficient (Wildman–Crippen LogP) is 3.92. The molecule has 0 aliphatic heterocycles. The van der Waals surface area contributed by atoms with E-state index in [1.807, 2.05) is 0 Å². The molecule has 0 saturated heterocycles. The van der Waals surface area contributed by atoms with Gasteiger partial charge in [0, 0.05) is 4.47 Å². The molecule has 1 aromatic rings.